The molecule has 6 heteroatoms. The molecule has 1 aromatic heterocycles. The molecule has 0 aliphatic rings. The van der Waals surface area contributed by atoms with E-state index in [1.165, 1.54) is 0 Å². The van der Waals surface area contributed by atoms with Crippen LogP contribution in [0.25, 0.3) is 0 Å². The fraction of sp³-hybridized carbons (Fsp3) is 0.474. The smallest absolute Gasteiger partial charge is 0.253 e. The number of benzene rings is 1. The molecule has 6 nitrogen and oxygen atoms in total. The topological polar surface area (TPSA) is 59.4 Å². The molecule has 0 fully saturated rings. The fourth-order valence-corrected chi connectivity index (χ4v) is 2.36. The first kappa shape index (κ1) is 18.8. The van der Waals surface area contributed by atoms with Crippen LogP contribution in [-0.2, 0) is 12.1 Å². The third kappa shape index (κ3) is 4.75. The van der Waals surface area contributed by atoms with Crippen molar-refractivity contribution in [3.05, 3.63) is 41.7 Å². The van der Waals surface area contributed by atoms with Gasteiger partial charge in [0.1, 0.15) is 5.75 Å². The van der Waals surface area contributed by atoms with E-state index in [0.29, 0.717) is 18.7 Å². The van der Waals surface area contributed by atoms with Gasteiger partial charge in [-0.2, -0.15) is 5.10 Å². The normalized spacial score (nSPS) is 11.3. The van der Waals surface area contributed by atoms with Crippen LogP contribution in [0.5, 0.6) is 5.75 Å². The minimum absolute atomic E-state index is 0.0355. The van der Waals surface area contributed by atoms with Gasteiger partial charge in [-0.3, -0.25) is 9.48 Å². The van der Waals surface area contributed by atoms with Crippen LogP contribution in [0.1, 0.15) is 43.6 Å². The van der Waals surface area contributed by atoms with E-state index in [1.54, 1.807) is 25.1 Å². The molecular formula is C19H28N4O2. The molecule has 2 rings (SSSR count). The summed E-state index contributed by atoms with van der Waals surface area (Å²) in [6.45, 7) is 9.45. The van der Waals surface area contributed by atoms with E-state index in [4.69, 9.17) is 4.74 Å². The van der Waals surface area contributed by atoms with Crippen LogP contribution in [0.4, 0.5) is 5.69 Å². The fourth-order valence-electron chi connectivity index (χ4n) is 2.36. The monoisotopic (exact) mass is 344 g/mol. The molecule has 1 amide bonds. The van der Waals surface area contributed by atoms with E-state index >= 15 is 0 Å². The molecule has 25 heavy (non-hydrogen) atoms. The molecule has 0 aliphatic heterocycles. The van der Waals surface area contributed by atoms with Gasteiger partial charge in [0.25, 0.3) is 5.91 Å². The van der Waals surface area contributed by atoms with E-state index in [9.17, 15) is 4.79 Å². The number of rotatable bonds is 6. The summed E-state index contributed by atoms with van der Waals surface area (Å²) in [5.74, 6) is 0.702. The highest BCUT2D eigenvalue weighted by molar-refractivity contribution is 5.95. The van der Waals surface area contributed by atoms with Gasteiger partial charge in [-0.1, -0.05) is 0 Å². The number of nitrogens with zero attached hydrogens (tertiary/aromatic N) is 3. The molecule has 1 aromatic carbocycles. The van der Waals surface area contributed by atoms with Crippen LogP contribution in [0.2, 0.25) is 0 Å². The van der Waals surface area contributed by atoms with E-state index in [1.807, 2.05) is 36.1 Å². The van der Waals surface area contributed by atoms with Crippen molar-refractivity contribution in [1.82, 2.24) is 14.7 Å². The van der Waals surface area contributed by atoms with Gasteiger partial charge < -0.3 is 15.0 Å². The molecular weight excluding hydrogens is 316 g/mol. The number of carbonyl (C=O) groups is 1. The lowest BCUT2D eigenvalue weighted by atomic mass is 10.1. The number of hydrogen-bond donors (Lipinski definition) is 1. The molecule has 0 spiro atoms. The lowest BCUT2D eigenvalue weighted by molar-refractivity contribution is 0.0827. The van der Waals surface area contributed by atoms with Crippen molar-refractivity contribution in [3.8, 4) is 5.75 Å². The largest absolute Gasteiger partial charge is 0.492 e. The number of aromatic nitrogens is 2. The van der Waals surface area contributed by atoms with Crippen LogP contribution >= 0.6 is 0 Å². The van der Waals surface area contributed by atoms with Gasteiger partial charge in [-0.25, -0.2) is 0 Å². The quantitative estimate of drug-likeness (QED) is 0.873. The summed E-state index contributed by atoms with van der Waals surface area (Å²) in [4.78, 5) is 13.8. The lowest BCUT2D eigenvalue weighted by Crippen LogP contribution is -2.22. The summed E-state index contributed by atoms with van der Waals surface area (Å²) in [5.41, 5.74) is 2.45. The van der Waals surface area contributed by atoms with Gasteiger partial charge in [0, 0.05) is 38.0 Å². The SMILES string of the molecule is CCOc1ccc(C(=O)N(C)C)cc1NCc1cnn(C(C)(C)C)c1. The Morgan fingerprint density at radius 1 is 1.32 bits per heavy atom. The van der Waals surface area contributed by atoms with Gasteiger partial charge in [0.05, 0.1) is 24.0 Å². The predicted octanol–water partition coefficient (Wildman–Crippen LogP) is 3.35. The zero-order chi connectivity index (χ0) is 18.6. The number of carbonyl (C=O) groups excluding carboxylic acids is 1. The molecule has 0 radical (unpaired) electrons. The highest BCUT2D eigenvalue weighted by Crippen LogP contribution is 2.27. The second kappa shape index (κ2) is 7.59. The Bertz CT molecular complexity index is 729. The minimum Gasteiger partial charge on any atom is -0.492 e. The van der Waals surface area contributed by atoms with Gasteiger partial charge in [-0.05, 0) is 45.9 Å². The highest BCUT2D eigenvalue weighted by atomic mass is 16.5. The lowest BCUT2D eigenvalue weighted by Gasteiger charge is -2.18. The van der Waals surface area contributed by atoms with Gasteiger partial charge in [0.2, 0.25) is 0 Å². The van der Waals surface area contributed by atoms with E-state index in [2.05, 4.69) is 31.2 Å². The maximum absolute atomic E-state index is 12.2. The first-order chi connectivity index (χ1) is 11.7. The Balaban J connectivity index is 2.20. The zero-order valence-electron chi connectivity index (χ0n) is 16.0. The van der Waals surface area contributed by atoms with Crippen molar-refractivity contribution in [2.24, 2.45) is 0 Å². The molecule has 0 aliphatic carbocycles. The first-order valence-electron chi connectivity index (χ1n) is 8.48. The van der Waals surface area contributed by atoms with E-state index in [0.717, 1.165) is 17.0 Å². The van der Waals surface area contributed by atoms with Crippen LogP contribution in [0.3, 0.4) is 0 Å². The number of nitrogens with one attached hydrogen (secondary N) is 1. The predicted molar refractivity (Wildman–Crippen MR) is 100 cm³/mol. The second-order valence-corrected chi connectivity index (χ2v) is 7.16. The molecule has 2 aromatic rings. The summed E-state index contributed by atoms with van der Waals surface area (Å²) < 4.78 is 7.62. The summed E-state index contributed by atoms with van der Waals surface area (Å²) >= 11 is 0. The minimum atomic E-state index is -0.0488. The highest BCUT2D eigenvalue weighted by Gasteiger charge is 2.15. The first-order valence-corrected chi connectivity index (χ1v) is 8.48. The van der Waals surface area contributed by atoms with E-state index < -0.39 is 0 Å². The number of amides is 1. The molecule has 0 saturated carbocycles. The number of ether oxygens (including phenoxy) is 1. The average molecular weight is 344 g/mol. The van der Waals surface area contributed by atoms with Crippen molar-refractivity contribution >= 4 is 11.6 Å². The average Bonchev–Trinajstić information content (AvgIpc) is 3.02. The summed E-state index contributed by atoms with van der Waals surface area (Å²) in [6, 6.07) is 5.46. The summed E-state index contributed by atoms with van der Waals surface area (Å²) in [7, 11) is 3.49. The van der Waals surface area contributed by atoms with Crippen LogP contribution in [-0.4, -0.2) is 41.3 Å². The maximum atomic E-state index is 12.2. The molecule has 136 valence electrons. The molecule has 0 atom stereocenters. The Morgan fingerprint density at radius 2 is 2.04 bits per heavy atom. The third-order valence-corrected chi connectivity index (χ3v) is 3.74. The Labute approximate surface area is 149 Å². The summed E-state index contributed by atoms with van der Waals surface area (Å²) in [6.07, 6.45) is 3.88. The van der Waals surface area contributed by atoms with E-state index in [-0.39, 0.29) is 11.4 Å². The molecule has 1 N–H and O–H groups in total. The molecule has 0 unspecified atom stereocenters. The maximum Gasteiger partial charge on any atom is 0.253 e. The molecule has 0 saturated heterocycles. The van der Waals surface area contributed by atoms with Crippen molar-refractivity contribution in [1.29, 1.82) is 0 Å². The number of anilines is 1. The van der Waals surface area contributed by atoms with Crippen LogP contribution in [0, 0.1) is 0 Å². The van der Waals surface area contributed by atoms with Crippen molar-refractivity contribution in [2.45, 2.75) is 39.8 Å². The van der Waals surface area contributed by atoms with Crippen LogP contribution in [0.15, 0.2) is 30.6 Å². The Morgan fingerprint density at radius 3 is 2.60 bits per heavy atom. The van der Waals surface area contributed by atoms with Gasteiger partial charge in [-0.15, -0.1) is 0 Å². The zero-order valence-corrected chi connectivity index (χ0v) is 16.0. The standard InChI is InChI=1S/C19H28N4O2/c1-7-25-17-9-8-15(18(24)22(5)6)10-16(17)20-11-14-12-21-23(13-14)19(2,3)4/h8-10,12-13,20H,7,11H2,1-6H3. The van der Waals surface area contributed by atoms with Crippen molar-refractivity contribution in [2.75, 3.05) is 26.0 Å². The Kier molecular flexibility index (Phi) is 5.72. The van der Waals surface area contributed by atoms with Crippen molar-refractivity contribution in [3.63, 3.8) is 0 Å². The van der Waals surface area contributed by atoms with Gasteiger partial charge in [0.15, 0.2) is 0 Å². The Hall–Kier alpha value is -2.50. The molecule has 0 bridgehead atoms. The number of hydrogen-bond acceptors (Lipinski definition) is 4. The van der Waals surface area contributed by atoms with Crippen LogP contribution < -0.4 is 10.1 Å². The van der Waals surface area contributed by atoms with Crippen molar-refractivity contribution < 1.29 is 9.53 Å². The summed E-state index contributed by atoms with van der Waals surface area (Å²) in [5, 5.41) is 7.78. The van der Waals surface area contributed by atoms with Gasteiger partial charge >= 0.3 is 0 Å². The molecule has 1 heterocycles. The third-order valence-electron chi connectivity index (χ3n) is 3.74. The second-order valence-electron chi connectivity index (χ2n) is 7.16.